The Bertz CT molecular complexity index is 371. The molecule has 1 rings (SSSR count). The van der Waals surface area contributed by atoms with Gasteiger partial charge in [0.05, 0.1) is 11.1 Å². The third kappa shape index (κ3) is 1.72. The predicted octanol–water partition coefficient (Wildman–Crippen LogP) is 1.64. The molecule has 13 heavy (non-hydrogen) atoms. The summed E-state index contributed by atoms with van der Waals surface area (Å²) in [6.07, 6.45) is 0.207. The van der Waals surface area contributed by atoms with Crippen LogP contribution in [0.5, 0.6) is 0 Å². The van der Waals surface area contributed by atoms with Crippen molar-refractivity contribution in [1.82, 2.24) is 0 Å². The van der Waals surface area contributed by atoms with Gasteiger partial charge in [-0.05, 0) is 24.6 Å². The van der Waals surface area contributed by atoms with Crippen molar-refractivity contribution in [3.63, 3.8) is 0 Å². The van der Waals surface area contributed by atoms with Crippen molar-refractivity contribution in [1.29, 1.82) is 0 Å². The molecule has 1 aromatic rings. The molecule has 4 heteroatoms. The van der Waals surface area contributed by atoms with Gasteiger partial charge in [-0.3, -0.25) is 4.79 Å². The summed E-state index contributed by atoms with van der Waals surface area (Å²) < 4.78 is 13.0. The molecule has 1 aromatic carbocycles. The predicted molar refractivity (Wildman–Crippen MR) is 43.5 cm³/mol. The first kappa shape index (κ1) is 9.38. The molecule has 0 radical (unpaired) electrons. The Labute approximate surface area is 73.8 Å². The van der Waals surface area contributed by atoms with Gasteiger partial charge < -0.3 is 5.11 Å². The number of hydrogen-bond acceptors (Lipinski definition) is 2. The number of carboxylic acids is 1. The number of aryl methyl sites for hydroxylation is 1. The number of carboxylic acid groups (broad SMARTS) is 1. The number of halogens is 1. The van der Waals surface area contributed by atoms with Crippen molar-refractivity contribution in [2.45, 2.75) is 6.92 Å². The fourth-order valence-electron chi connectivity index (χ4n) is 1.05. The minimum atomic E-state index is -1.30. The average Bonchev–Trinajstić information content (AvgIpc) is 2.02. The van der Waals surface area contributed by atoms with E-state index in [9.17, 15) is 14.0 Å². The van der Waals surface area contributed by atoms with Gasteiger partial charge in [0.15, 0.2) is 6.29 Å². The highest BCUT2D eigenvalue weighted by Crippen LogP contribution is 2.14. The second-order valence-electron chi connectivity index (χ2n) is 2.63. The molecule has 0 bridgehead atoms. The van der Waals surface area contributed by atoms with Gasteiger partial charge in [0.2, 0.25) is 0 Å². The van der Waals surface area contributed by atoms with Gasteiger partial charge in [0.25, 0.3) is 0 Å². The van der Waals surface area contributed by atoms with Crippen molar-refractivity contribution in [2.24, 2.45) is 0 Å². The van der Waals surface area contributed by atoms with Crippen LogP contribution in [-0.2, 0) is 0 Å². The lowest BCUT2D eigenvalue weighted by molar-refractivity contribution is 0.0693. The molecule has 0 spiro atoms. The second kappa shape index (κ2) is 3.35. The number of carbonyl (C=O) groups is 2. The molecule has 3 nitrogen and oxygen atoms in total. The van der Waals surface area contributed by atoms with E-state index in [1.54, 1.807) is 6.92 Å². The molecule has 0 unspecified atom stereocenters. The standard InChI is InChI=1S/C9H7FO3/c1-5-2-6(9(12)13)7(4-11)8(10)3-5/h2-4H,1H3,(H,12,13). The Morgan fingerprint density at radius 2 is 2.15 bits per heavy atom. The van der Waals surface area contributed by atoms with Crippen molar-refractivity contribution in [2.75, 3.05) is 0 Å². The molecule has 0 heterocycles. The molecule has 68 valence electrons. The van der Waals surface area contributed by atoms with Crippen LogP contribution in [0.15, 0.2) is 12.1 Å². The van der Waals surface area contributed by atoms with E-state index in [1.165, 1.54) is 6.07 Å². The lowest BCUT2D eigenvalue weighted by Gasteiger charge is -2.02. The van der Waals surface area contributed by atoms with E-state index in [4.69, 9.17) is 5.11 Å². The zero-order chi connectivity index (χ0) is 10.0. The topological polar surface area (TPSA) is 54.4 Å². The zero-order valence-corrected chi connectivity index (χ0v) is 6.87. The van der Waals surface area contributed by atoms with Gasteiger partial charge >= 0.3 is 5.97 Å². The number of aromatic carboxylic acids is 1. The van der Waals surface area contributed by atoms with Crippen LogP contribution in [-0.4, -0.2) is 17.4 Å². The molecule has 0 aliphatic rings. The summed E-state index contributed by atoms with van der Waals surface area (Å²) in [6.45, 7) is 1.56. The van der Waals surface area contributed by atoms with Crippen LogP contribution in [0.3, 0.4) is 0 Å². The van der Waals surface area contributed by atoms with Gasteiger partial charge in [-0.2, -0.15) is 0 Å². The molecule has 0 aromatic heterocycles. The molecule has 0 aliphatic carbocycles. The van der Waals surface area contributed by atoms with Crippen LogP contribution in [0.2, 0.25) is 0 Å². The third-order valence-corrected chi connectivity index (χ3v) is 1.62. The normalized spacial score (nSPS) is 9.69. The van der Waals surface area contributed by atoms with Crippen molar-refractivity contribution >= 4 is 12.3 Å². The quantitative estimate of drug-likeness (QED) is 0.707. The monoisotopic (exact) mass is 182 g/mol. The smallest absolute Gasteiger partial charge is 0.336 e. The molecule has 0 fully saturated rings. The number of benzene rings is 1. The van der Waals surface area contributed by atoms with E-state index >= 15 is 0 Å². The van der Waals surface area contributed by atoms with E-state index in [-0.39, 0.29) is 11.8 Å². The highest BCUT2D eigenvalue weighted by Gasteiger charge is 2.14. The highest BCUT2D eigenvalue weighted by molar-refractivity contribution is 5.97. The molecule has 0 aliphatic heterocycles. The van der Waals surface area contributed by atoms with E-state index in [1.807, 2.05) is 0 Å². The van der Waals surface area contributed by atoms with Crippen LogP contribution >= 0.6 is 0 Å². The maximum Gasteiger partial charge on any atom is 0.336 e. The second-order valence-corrected chi connectivity index (χ2v) is 2.63. The summed E-state index contributed by atoms with van der Waals surface area (Å²) in [6, 6.07) is 2.38. The van der Waals surface area contributed by atoms with Crippen LogP contribution in [0, 0.1) is 12.7 Å². The minimum Gasteiger partial charge on any atom is -0.478 e. The Balaban J connectivity index is 3.46. The molecule has 0 saturated carbocycles. The molecule has 0 amide bonds. The molecule has 1 N–H and O–H groups in total. The lowest BCUT2D eigenvalue weighted by Crippen LogP contribution is -2.04. The van der Waals surface area contributed by atoms with E-state index < -0.39 is 17.3 Å². The SMILES string of the molecule is Cc1cc(F)c(C=O)c(C(=O)O)c1. The van der Waals surface area contributed by atoms with Gasteiger partial charge in [-0.1, -0.05) is 0 Å². The van der Waals surface area contributed by atoms with E-state index in [0.717, 1.165) is 6.07 Å². The number of carbonyl (C=O) groups excluding carboxylic acids is 1. The first-order valence-electron chi connectivity index (χ1n) is 3.55. The maximum absolute atomic E-state index is 13.0. The molecular formula is C9H7FO3. The van der Waals surface area contributed by atoms with Crippen molar-refractivity contribution < 1.29 is 19.1 Å². The lowest BCUT2D eigenvalue weighted by atomic mass is 10.0. The average molecular weight is 182 g/mol. The molecule has 0 atom stereocenters. The fraction of sp³-hybridized carbons (Fsp3) is 0.111. The summed E-state index contributed by atoms with van der Waals surface area (Å²) in [5.74, 6) is -2.10. The van der Waals surface area contributed by atoms with Crippen LogP contribution in [0.4, 0.5) is 4.39 Å². The third-order valence-electron chi connectivity index (χ3n) is 1.62. The largest absolute Gasteiger partial charge is 0.478 e. The number of aldehydes is 1. The maximum atomic E-state index is 13.0. The summed E-state index contributed by atoms with van der Waals surface area (Å²) in [7, 11) is 0. The highest BCUT2D eigenvalue weighted by atomic mass is 19.1. The van der Waals surface area contributed by atoms with Crippen LogP contribution in [0.25, 0.3) is 0 Å². The first-order chi connectivity index (χ1) is 6.06. The Hall–Kier alpha value is -1.71. The minimum absolute atomic E-state index is 0.207. The van der Waals surface area contributed by atoms with Gasteiger partial charge in [-0.25, -0.2) is 9.18 Å². The first-order valence-corrected chi connectivity index (χ1v) is 3.55. The Kier molecular flexibility index (Phi) is 2.41. The summed E-state index contributed by atoms with van der Waals surface area (Å²) in [5, 5.41) is 8.62. The number of rotatable bonds is 2. The van der Waals surface area contributed by atoms with Crippen LogP contribution in [0.1, 0.15) is 26.3 Å². The number of hydrogen-bond donors (Lipinski definition) is 1. The summed E-state index contributed by atoms with van der Waals surface area (Å²) in [5.41, 5.74) is -0.230. The van der Waals surface area contributed by atoms with Gasteiger partial charge in [0.1, 0.15) is 5.82 Å². The fourth-order valence-corrected chi connectivity index (χ4v) is 1.05. The van der Waals surface area contributed by atoms with Gasteiger partial charge in [-0.15, -0.1) is 0 Å². The van der Waals surface area contributed by atoms with Crippen molar-refractivity contribution in [3.8, 4) is 0 Å². The van der Waals surface area contributed by atoms with E-state index in [0.29, 0.717) is 5.56 Å². The van der Waals surface area contributed by atoms with E-state index in [2.05, 4.69) is 0 Å². The molecular weight excluding hydrogens is 175 g/mol. The Morgan fingerprint density at radius 1 is 1.54 bits per heavy atom. The Morgan fingerprint density at radius 3 is 2.62 bits per heavy atom. The molecule has 0 saturated heterocycles. The van der Waals surface area contributed by atoms with Crippen molar-refractivity contribution in [3.05, 3.63) is 34.6 Å². The van der Waals surface area contributed by atoms with Crippen LogP contribution < -0.4 is 0 Å². The van der Waals surface area contributed by atoms with Gasteiger partial charge in [0, 0.05) is 0 Å². The summed E-state index contributed by atoms with van der Waals surface area (Å²) in [4.78, 5) is 20.9. The summed E-state index contributed by atoms with van der Waals surface area (Å²) >= 11 is 0. The zero-order valence-electron chi connectivity index (χ0n) is 6.87.